The lowest BCUT2D eigenvalue weighted by Crippen LogP contribution is -2.32. The minimum atomic E-state index is -4.44. The van der Waals surface area contributed by atoms with E-state index in [0.29, 0.717) is 36.0 Å². The Morgan fingerprint density at radius 1 is 1.10 bits per heavy atom. The Balaban J connectivity index is 1.39. The van der Waals surface area contributed by atoms with Gasteiger partial charge in [0, 0.05) is 31.3 Å². The molecule has 2 aromatic rings. The smallest absolute Gasteiger partial charge is 0.416 e. The Morgan fingerprint density at radius 2 is 1.87 bits per heavy atom. The van der Waals surface area contributed by atoms with E-state index in [1.807, 2.05) is 0 Å². The molecule has 2 aliphatic rings. The van der Waals surface area contributed by atoms with E-state index in [0.717, 1.165) is 12.1 Å². The maximum Gasteiger partial charge on any atom is 0.416 e. The predicted octanol–water partition coefficient (Wildman–Crippen LogP) is 3.15. The van der Waals surface area contributed by atoms with E-state index in [-0.39, 0.29) is 31.3 Å². The Bertz CT molecular complexity index is 977. The second-order valence-electron chi connectivity index (χ2n) is 7.15. The summed E-state index contributed by atoms with van der Waals surface area (Å²) in [7, 11) is 0. The zero-order chi connectivity index (χ0) is 21.3. The van der Waals surface area contributed by atoms with Crippen molar-refractivity contribution >= 4 is 17.5 Å². The first-order valence-electron chi connectivity index (χ1n) is 9.45. The molecule has 1 unspecified atom stereocenters. The minimum absolute atomic E-state index is 0.0306. The van der Waals surface area contributed by atoms with Crippen LogP contribution in [0.1, 0.15) is 17.5 Å². The molecular weight excluding hydrogens is 401 g/mol. The van der Waals surface area contributed by atoms with Crippen LogP contribution in [-0.4, -0.2) is 31.6 Å². The molecule has 2 aliphatic heterocycles. The lowest BCUT2D eigenvalue weighted by atomic mass is 10.1. The number of alkyl halides is 3. The molecule has 0 bridgehead atoms. The highest BCUT2D eigenvalue weighted by Crippen LogP contribution is 2.36. The molecule has 1 atom stereocenters. The van der Waals surface area contributed by atoms with Gasteiger partial charge in [-0.2, -0.15) is 13.2 Å². The summed E-state index contributed by atoms with van der Waals surface area (Å²) in [5.74, 6) is -0.0146. The third-order valence-corrected chi connectivity index (χ3v) is 5.05. The molecule has 9 heteroatoms. The maximum absolute atomic E-state index is 12.8. The summed E-state index contributed by atoms with van der Waals surface area (Å²) in [5.41, 5.74) is 0.179. The van der Waals surface area contributed by atoms with Gasteiger partial charge in [-0.1, -0.05) is 12.1 Å². The second kappa shape index (κ2) is 7.89. The molecule has 1 fully saturated rings. The third kappa shape index (κ3) is 4.19. The zero-order valence-corrected chi connectivity index (χ0v) is 15.9. The van der Waals surface area contributed by atoms with Crippen LogP contribution < -0.4 is 19.7 Å². The molecule has 0 aromatic heterocycles. The summed E-state index contributed by atoms with van der Waals surface area (Å²) in [5, 5.41) is 2.63. The van der Waals surface area contributed by atoms with Crippen LogP contribution in [0, 0.1) is 5.92 Å². The number of hydrogen-bond acceptors (Lipinski definition) is 4. The van der Waals surface area contributed by atoms with Gasteiger partial charge in [-0.25, -0.2) is 0 Å². The first-order valence-corrected chi connectivity index (χ1v) is 9.45. The number of ether oxygens (including phenoxy) is 2. The van der Waals surface area contributed by atoms with E-state index in [4.69, 9.17) is 9.47 Å². The minimum Gasteiger partial charge on any atom is -0.486 e. The van der Waals surface area contributed by atoms with Crippen LogP contribution in [-0.2, 0) is 22.3 Å². The largest absolute Gasteiger partial charge is 0.486 e. The summed E-state index contributed by atoms with van der Waals surface area (Å²) in [6.07, 6.45) is -4.41. The fourth-order valence-corrected chi connectivity index (χ4v) is 3.52. The van der Waals surface area contributed by atoms with Crippen molar-refractivity contribution in [2.45, 2.75) is 19.1 Å². The number of nitrogens with zero attached hydrogens (tertiary/aromatic N) is 1. The van der Waals surface area contributed by atoms with Crippen LogP contribution in [0.4, 0.5) is 18.9 Å². The predicted molar refractivity (Wildman–Crippen MR) is 101 cm³/mol. The van der Waals surface area contributed by atoms with Crippen LogP contribution in [0.5, 0.6) is 11.5 Å². The van der Waals surface area contributed by atoms with Crippen molar-refractivity contribution in [1.82, 2.24) is 5.32 Å². The Morgan fingerprint density at radius 3 is 2.63 bits per heavy atom. The quantitative estimate of drug-likeness (QED) is 0.825. The van der Waals surface area contributed by atoms with Crippen LogP contribution in [0.3, 0.4) is 0 Å². The number of amides is 2. The van der Waals surface area contributed by atoms with Crippen LogP contribution >= 0.6 is 0 Å². The van der Waals surface area contributed by atoms with Gasteiger partial charge in [-0.15, -0.1) is 0 Å². The molecule has 1 saturated heterocycles. The van der Waals surface area contributed by atoms with Gasteiger partial charge in [0.15, 0.2) is 11.5 Å². The maximum atomic E-state index is 12.8. The van der Waals surface area contributed by atoms with Crippen molar-refractivity contribution in [2.24, 2.45) is 5.92 Å². The van der Waals surface area contributed by atoms with Crippen molar-refractivity contribution in [2.75, 3.05) is 24.7 Å². The molecule has 6 nitrogen and oxygen atoms in total. The van der Waals surface area contributed by atoms with Crippen molar-refractivity contribution < 1.29 is 32.2 Å². The average Bonchev–Trinajstić information content (AvgIpc) is 3.13. The van der Waals surface area contributed by atoms with Crippen molar-refractivity contribution in [3.63, 3.8) is 0 Å². The molecule has 2 aromatic carbocycles. The number of fused-ring (bicyclic) bond motifs is 1. The molecule has 0 saturated carbocycles. The Hall–Kier alpha value is -3.23. The Labute approximate surface area is 170 Å². The van der Waals surface area contributed by atoms with Gasteiger partial charge in [0.2, 0.25) is 11.8 Å². The Kier molecular flexibility index (Phi) is 5.27. The summed E-state index contributed by atoms with van der Waals surface area (Å²) < 4.78 is 49.5. The highest BCUT2D eigenvalue weighted by atomic mass is 19.4. The van der Waals surface area contributed by atoms with E-state index >= 15 is 0 Å². The standard InChI is InChI=1S/C21H19F3N2O4/c22-21(23,24)15-3-1-2-13(8-15)11-25-20(28)14-9-19(27)26(12-14)16-4-5-17-18(10-16)30-7-6-29-17/h1-5,8,10,14H,6-7,9,11-12H2,(H,25,28). The van der Waals surface area contributed by atoms with Gasteiger partial charge in [-0.05, 0) is 29.8 Å². The molecule has 0 aliphatic carbocycles. The van der Waals surface area contributed by atoms with Crippen molar-refractivity contribution in [1.29, 1.82) is 0 Å². The molecule has 30 heavy (non-hydrogen) atoms. The lowest BCUT2D eigenvalue weighted by molar-refractivity contribution is -0.137. The fraction of sp³-hybridized carbons (Fsp3) is 0.333. The van der Waals surface area contributed by atoms with Gasteiger partial charge in [0.25, 0.3) is 0 Å². The average molecular weight is 420 g/mol. The van der Waals surface area contributed by atoms with Crippen molar-refractivity contribution in [3.8, 4) is 11.5 Å². The highest BCUT2D eigenvalue weighted by Gasteiger charge is 2.35. The third-order valence-electron chi connectivity index (χ3n) is 5.05. The SMILES string of the molecule is O=C(NCc1cccc(C(F)(F)F)c1)C1CC(=O)N(c2ccc3c(c2)OCCO3)C1. The van der Waals surface area contributed by atoms with Gasteiger partial charge in [-0.3, -0.25) is 9.59 Å². The van der Waals surface area contributed by atoms with Crippen molar-refractivity contribution in [3.05, 3.63) is 53.6 Å². The van der Waals surface area contributed by atoms with Gasteiger partial charge in [0.1, 0.15) is 13.2 Å². The summed E-state index contributed by atoms with van der Waals surface area (Å²) in [6, 6.07) is 9.94. The summed E-state index contributed by atoms with van der Waals surface area (Å²) in [6.45, 7) is 1.03. The van der Waals surface area contributed by atoms with E-state index in [2.05, 4.69) is 5.32 Å². The van der Waals surface area contributed by atoms with Gasteiger partial charge >= 0.3 is 6.18 Å². The number of halogens is 3. The molecule has 2 amide bonds. The molecule has 0 radical (unpaired) electrons. The van der Waals surface area contributed by atoms with Crippen LogP contribution in [0.2, 0.25) is 0 Å². The molecule has 158 valence electrons. The molecule has 4 rings (SSSR count). The monoisotopic (exact) mass is 420 g/mol. The van der Waals surface area contributed by atoms with E-state index in [1.54, 1.807) is 18.2 Å². The fourth-order valence-electron chi connectivity index (χ4n) is 3.52. The number of carbonyl (C=O) groups is 2. The van der Waals surface area contributed by atoms with E-state index in [1.165, 1.54) is 17.0 Å². The normalized spacial score (nSPS) is 18.4. The summed E-state index contributed by atoms with van der Waals surface area (Å²) in [4.78, 5) is 26.4. The topological polar surface area (TPSA) is 67.9 Å². The first-order chi connectivity index (χ1) is 14.3. The van der Waals surface area contributed by atoms with Crippen LogP contribution in [0.15, 0.2) is 42.5 Å². The van der Waals surface area contributed by atoms with E-state index in [9.17, 15) is 22.8 Å². The zero-order valence-electron chi connectivity index (χ0n) is 15.9. The molecule has 1 N–H and O–H groups in total. The first kappa shape index (κ1) is 20.1. The number of anilines is 1. The van der Waals surface area contributed by atoms with Crippen LogP contribution in [0.25, 0.3) is 0 Å². The number of hydrogen-bond donors (Lipinski definition) is 1. The van der Waals surface area contributed by atoms with E-state index < -0.39 is 17.7 Å². The highest BCUT2D eigenvalue weighted by molar-refractivity contribution is 6.00. The number of benzene rings is 2. The lowest BCUT2D eigenvalue weighted by Gasteiger charge is -2.22. The number of carbonyl (C=O) groups excluding carboxylic acids is 2. The number of rotatable bonds is 4. The number of nitrogens with one attached hydrogen (secondary N) is 1. The molecule has 2 heterocycles. The summed E-state index contributed by atoms with van der Waals surface area (Å²) >= 11 is 0. The van der Waals surface area contributed by atoms with Gasteiger partial charge < -0.3 is 19.7 Å². The molecular formula is C21H19F3N2O4. The molecule has 0 spiro atoms. The second-order valence-corrected chi connectivity index (χ2v) is 7.15. The van der Waals surface area contributed by atoms with Gasteiger partial charge in [0.05, 0.1) is 11.5 Å².